The van der Waals surface area contributed by atoms with Crippen LogP contribution < -0.4 is 10.1 Å². The second-order valence-corrected chi connectivity index (χ2v) is 7.54. The SMILES string of the molecule is O=C(Nc1ccc2c(c1)oc1ccccc12)c1ccccc1OCC(=O)N1CCOCC1. The molecule has 32 heavy (non-hydrogen) atoms. The molecule has 162 valence electrons. The number of furan rings is 1. The molecule has 2 amide bonds. The number of para-hydroxylation sites is 2. The molecule has 1 aliphatic rings. The molecule has 1 aliphatic heterocycles. The third kappa shape index (κ3) is 4.02. The highest BCUT2D eigenvalue weighted by atomic mass is 16.5. The largest absolute Gasteiger partial charge is 0.483 e. The molecule has 3 aromatic carbocycles. The van der Waals surface area contributed by atoms with E-state index in [9.17, 15) is 9.59 Å². The number of rotatable bonds is 5. The van der Waals surface area contributed by atoms with E-state index in [2.05, 4.69) is 5.32 Å². The molecule has 0 atom stereocenters. The highest BCUT2D eigenvalue weighted by molar-refractivity contribution is 6.09. The van der Waals surface area contributed by atoms with Gasteiger partial charge in [0.2, 0.25) is 0 Å². The predicted octanol–water partition coefficient (Wildman–Crippen LogP) is 4.08. The van der Waals surface area contributed by atoms with Gasteiger partial charge in [0.15, 0.2) is 6.61 Å². The van der Waals surface area contributed by atoms with Gasteiger partial charge >= 0.3 is 0 Å². The van der Waals surface area contributed by atoms with Gasteiger partial charge in [-0.3, -0.25) is 9.59 Å². The summed E-state index contributed by atoms with van der Waals surface area (Å²) in [4.78, 5) is 27.0. The fourth-order valence-electron chi connectivity index (χ4n) is 3.83. The lowest BCUT2D eigenvalue weighted by Crippen LogP contribution is -2.43. The summed E-state index contributed by atoms with van der Waals surface area (Å²) in [5, 5.41) is 4.92. The van der Waals surface area contributed by atoms with Crippen molar-refractivity contribution in [3.8, 4) is 5.75 Å². The summed E-state index contributed by atoms with van der Waals surface area (Å²) in [7, 11) is 0. The van der Waals surface area contributed by atoms with Gasteiger partial charge in [0.25, 0.3) is 11.8 Å². The molecule has 7 nitrogen and oxygen atoms in total. The summed E-state index contributed by atoms with van der Waals surface area (Å²) < 4.78 is 16.9. The molecule has 0 unspecified atom stereocenters. The van der Waals surface area contributed by atoms with Gasteiger partial charge in [0.05, 0.1) is 18.8 Å². The summed E-state index contributed by atoms with van der Waals surface area (Å²) in [6.45, 7) is 2.03. The number of fused-ring (bicyclic) bond motifs is 3. The summed E-state index contributed by atoms with van der Waals surface area (Å²) in [5.41, 5.74) is 2.46. The molecule has 1 saturated heterocycles. The van der Waals surface area contributed by atoms with Gasteiger partial charge in [0, 0.05) is 35.6 Å². The zero-order chi connectivity index (χ0) is 21.9. The van der Waals surface area contributed by atoms with Crippen LogP contribution in [-0.4, -0.2) is 49.6 Å². The van der Waals surface area contributed by atoms with Gasteiger partial charge < -0.3 is 24.1 Å². The normalized spacial score (nSPS) is 13.9. The maximum atomic E-state index is 13.0. The van der Waals surface area contributed by atoms with Crippen LogP contribution in [0.5, 0.6) is 5.75 Å². The standard InChI is InChI=1S/C25H22N2O5/c28-24(27-11-13-30-14-12-27)16-31-21-7-3-2-6-20(21)25(29)26-17-9-10-19-18-5-1-4-8-22(18)32-23(19)15-17/h1-10,15H,11-14,16H2,(H,26,29). The number of ether oxygens (including phenoxy) is 2. The molecule has 1 aromatic heterocycles. The van der Waals surface area contributed by atoms with Gasteiger partial charge in [0.1, 0.15) is 16.9 Å². The Morgan fingerprint density at radius 2 is 1.66 bits per heavy atom. The maximum absolute atomic E-state index is 13.0. The lowest BCUT2D eigenvalue weighted by Gasteiger charge is -2.26. The van der Waals surface area contributed by atoms with E-state index in [0.29, 0.717) is 48.9 Å². The van der Waals surface area contributed by atoms with Crippen LogP contribution in [0.25, 0.3) is 21.9 Å². The van der Waals surface area contributed by atoms with E-state index in [1.807, 2.05) is 36.4 Å². The van der Waals surface area contributed by atoms with E-state index in [-0.39, 0.29) is 18.4 Å². The van der Waals surface area contributed by atoms with Crippen LogP contribution in [-0.2, 0) is 9.53 Å². The van der Waals surface area contributed by atoms with Crippen LogP contribution in [0.4, 0.5) is 5.69 Å². The second-order valence-electron chi connectivity index (χ2n) is 7.54. The number of benzene rings is 3. The van der Waals surface area contributed by atoms with Gasteiger partial charge in [-0.2, -0.15) is 0 Å². The molecule has 1 N–H and O–H groups in total. The molecule has 0 radical (unpaired) electrons. The molecule has 7 heteroatoms. The van der Waals surface area contributed by atoms with Crippen LogP contribution in [0.15, 0.2) is 71.1 Å². The Labute approximate surface area is 184 Å². The molecule has 0 spiro atoms. The average molecular weight is 430 g/mol. The Bertz CT molecular complexity index is 1290. The minimum absolute atomic E-state index is 0.126. The molecule has 2 heterocycles. The molecule has 0 saturated carbocycles. The minimum Gasteiger partial charge on any atom is -0.483 e. The highest BCUT2D eigenvalue weighted by Crippen LogP contribution is 2.30. The van der Waals surface area contributed by atoms with Crippen molar-refractivity contribution in [3.05, 3.63) is 72.3 Å². The number of morpholine rings is 1. The van der Waals surface area contributed by atoms with Gasteiger partial charge in [-0.05, 0) is 30.3 Å². The number of amides is 2. The van der Waals surface area contributed by atoms with E-state index < -0.39 is 0 Å². The van der Waals surface area contributed by atoms with Crippen molar-refractivity contribution in [2.24, 2.45) is 0 Å². The highest BCUT2D eigenvalue weighted by Gasteiger charge is 2.19. The topological polar surface area (TPSA) is 81.0 Å². The molecule has 0 aliphatic carbocycles. The Morgan fingerprint density at radius 3 is 2.53 bits per heavy atom. The van der Waals surface area contributed by atoms with E-state index in [1.165, 1.54) is 0 Å². The van der Waals surface area contributed by atoms with Gasteiger partial charge in [-0.1, -0.05) is 30.3 Å². The molecule has 0 bridgehead atoms. The Kier molecular flexibility index (Phi) is 5.47. The number of carbonyl (C=O) groups excluding carboxylic acids is 2. The molecule has 5 rings (SSSR count). The van der Waals surface area contributed by atoms with Gasteiger partial charge in [-0.15, -0.1) is 0 Å². The quantitative estimate of drug-likeness (QED) is 0.516. The van der Waals surface area contributed by atoms with E-state index in [0.717, 1.165) is 16.4 Å². The predicted molar refractivity (Wildman–Crippen MR) is 121 cm³/mol. The van der Waals surface area contributed by atoms with Crippen molar-refractivity contribution in [2.75, 3.05) is 38.2 Å². The third-order valence-corrected chi connectivity index (χ3v) is 5.48. The van der Waals surface area contributed by atoms with Crippen molar-refractivity contribution in [1.82, 2.24) is 4.90 Å². The van der Waals surface area contributed by atoms with Crippen LogP contribution in [0, 0.1) is 0 Å². The minimum atomic E-state index is -0.324. The maximum Gasteiger partial charge on any atom is 0.260 e. The van der Waals surface area contributed by atoms with E-state index in [1.54, 1.807) is 35.2 Å². The fraction of sp³-hybridized carbons (Fsp3) is 0.200. The number of hydrogen-bond acceptors (Lipinski definition) is 5. The fourth-order valence-corrected chi connectivity index (χ4v) is 3.83. The van der Waals surface area contributed by atoms with Crippen molar-refractivity contribution in [1.29, 1.82) is 0 Å². The lowest BCUT2D eigenvalue weighted by atomic mass is 10.1. The van der Waals surface area contributed by atoms with E-state index in [4.69, 9.17) is 13.9 Å². The van der Waals surface area contributed by atoms with Crippen molar-refractivity contribution in [3.63, 3.8) is 0 Å². The first kappa shape index (κ1) is 20.1. The third-order valence-electron chi connectivity index (χ3n) is 5.48. The number of nitrogens with one attached hydrogen (secondary N) is 1. The van der Waals surface area contributed by atoms with Crippen molar-refractivity contribution in [2.45, 2.75) is 0 Å². The monoisotopic (exact) mass is 430 g/mol. The van der Waals surface area contributed by atoms with Crippen LogP contribution in [0.1, 0.15) is 10.4 Å². The molecule has 4 aromatic rings. The summed E-state index contributed by atoms with van der Waals surface area (Å²) in [5.74, 6) is -0.0924. The van der Waals surface area contributed by atoms with Crippen molar-refractivity contribution < 1.29 is 23.5 Å². The number of carbonyl (C=O) groups is 2. The van der Waals surface area contributed by atoms with Crippen LogP contribution in [0.3, 0.4) is 0 Å². The lowest BCUT2D eigenvalue weighted by molar-refractivity contribution is -0.137. The Balaban J connectivity index is 1.31. The zero-order valence-corrected chi connectivity index (χ0v) is 17.4. The first-order valence-electron chi connectivity index (χ1n) is 10.5. The summed E-state index contributed by atoms with van der Waals surface area (Å²) in [6, 6.07) is 20.3. The average Bonchev–Trinajstić information content (AvgIpc) is 3.21. The smallest absolute Gasteiger partial charge is 0.260 e. The number of nitrogens with zero attached hydrogens (tertiary/aromatic N) is 1. The van der Waals surface area contributed by atoms with Crippen molar-refractivity contribution >= 4 is 39.4 Å². The Morgan fingerprint density at radius 1 is 0.906 bits per heavy atom. The molecule has 1 fully saturated rings. The second kappa shape index (κ2) is 8.72. The first-order valence-corrected chi connectivity index (χ1v) is 10.5. The first-order chi connectivity index (χ1) is 15.7. The molecular formula is C25H22N2O5. The van der Waals surface area contributed by atoms with Gasteiger partial charge in [-0.25, -0.2) is 0 Å². The number of anilines is 1. The van der Waals surface area contributed by atoms with Crippen LogP contribution >= 0.6 is 0 Å². The zero-order valence-electron chi connectivity index (χ0n) is 17.4. The van der Waals surface area contributed by atoms with Crippen LogP contribution in [0.2, 0.25) is 0 Å². The number of hydrogen-bond donors (Lipinski definition) is 1. The molecular weight excluding hydrogens is 408 g/mol. The summed E-state index contributed by atoms with van der Waals surface area (Å²) >= 11 is 0. The Hall–Kier alpha value is -3.84. The van der Waals surface area contributed by atoms with E-state index >= 15 is 0 Å². The summed E-state index contributed by atoms with van der Waals surface area (Å²) in [6.07, 6.45) is 0.